The highest BCUT2D eigenvalue weighted by Crippen LogP contribution is 2.58. The number of nitrogens with zero attached hydrogens (tertiary/aromatic N) is 1. The number of hydrogen-bond donors (Lipinski definition) is 0. The van der Waals surface area contributed by atoms with Crippen molar-refractivity contribution >= 4 is 32.7 Å². The van der Waals surface area contributed by atoms with Crippen molar-refractivity contribution in [2.75, 3.05) is 0 Å². The third-order valence-electron chi connectivity index (χ3n) is 6.76. The van der Waals surface area contributed by atoms with Crippen molar-refractivity contribution in [2.24, 2.45) is 5.92 Å². The Labute approximate surface area is 195 Å². The first-order valence-corrected chi connectivity index (χ1v) is 13.2. The fourth-order valence-corrected chi connectivity index (χ4v) is 6.67. The van der Waals surface area contributed by atoms with Gasteiger partial charge in [0.2, 0.25) is 0 Å². The number of para-hydroxylation sites is 1. The number of unbranched alkanes of at least 4 members (excludes halogenated alkanes) is 1. The van der Waals surface area contributed by atoms with Gasteiger partial charge >= 0.3 is 5.97 Å². The molecule has 2 aromatic carbocycles. The Morgan fingerprint density at radius 1 is 1.09 bits per heavy atom. The highest BCUT2D eigenvalue weighted by atomic mass is 32.2. The lowest BCUT2D eigenvalue weighted by molar-refractivity contribution is -0.134. The van der Waals surface area contributed by atoms with Crippen LogP contribution in [0.2, 0.25) is 0 Å². The molecule has 0 saturated heterocycles. The number of ether oxygens (including phenoxy) is 1. The van der Waals surface area contributed by atoms with Crippen molar-refractivity contribution in [1.82, 2.24) is 3.97 Å². The number of carbonyl (C=O) groups excluding carboxylic acids is 1. The van der Waals surface area contributed by atoms with Crippen molar-refractivity contribution < 1.29 is 17.9 Å². The first kappa shape index (κ1) is 22.0. The molecule has 2 aliphatic carbocycles. The van der Waals surface area contributed by atoms with Crippen LogP contribution in [-0.2, 0) is 19.6 Å². The molecular weight excluding hydrogens is 434 g/mol. The zero-order valence-corrected chi connectivity index (χ0v) is 20.1. The lowest BCUT2D eigenvalue weighted by Crippen LogP contribution is -2.16. The molecule has 0 radical (unpaired) electrons. The molecule has 2 aliphatic rings. The summed E-state index contributed by atoms with van der Waals surface area (Å²) in [4.78, 5) is 12.4. The van der Waals surface area contributed by atoms with E-state index in [4.69, 9.17) is 4.74 Å². The highest BCUT2D eigenvalue weighted by Gasteiger charge is 2.47. The fourth-order valence-electron chi connectivity index (χ4n) is 5.14. The van der Waals surface area contributed by atoms with Crippen LogP contribution in [0.25, 0.3) is 16.7 Å². The molecule has 1 saturated carbocycles. The lowest BCUT2D eigenvalue weighted by Gasteiger charge is -2.17. The molecule has 6 heteroatoms. The Kier molecular flexibility index (Phi) is 5.44. The zero-order chi connectivity index (χ0) is 23.3. The second kappa shape index (κ2) is 8.17. The van der Waals surface area contributed by atoms with E-state index < -0.39 is 16.0 Å². The molecule has 0 spiro atoms. The number of carbonyl (C=O) groups is 1. The van der Waals surface area contributed by atoms with Gasteiger partial charge in [-0.3, -0.25) is 4.79 Å². The highest BCUT2D eigenvalue weighted by molar-refractivity contribution is 7.90. The van der Waals surface area contributed by atoms with Crippen molar-refractivity contribution in [3.63, 3.8) is 0 Å². The fraction of sp³-hybridized carbons (Fsp3) is 0.370. The molecule has 3 aromatic rings. The van der Waals surface area contributed by atoms with E-state index in [0.29, 0.717) is 22.9 Å². The summed E-state index contributed by atoms with van der Waals surface area (Å²) in [6.07, 6.45) is 5.00. The zero-order valence-electron chi connectivity index (χ0n) is 19.3. The van der Waals surface area contributed by atoms with E-state index in [2.05, 4.69) is 6.92 Å². The van der Waals surface area contributed by atoms with Crippen LogP contribution in [0.5, 0.6) is 0 Å². The van der Waals surface area contributed by atoms with Crippen LogP contribution in [-0.4, -0.2) is 18.4 Å². The van der Waals surface area contributed by atoms with Crippen LogP contribution in [0, 0.1) is 12.8 Å². The molecule has 1 aromatic heterocycles. The van der Waals surface area contributed by atoms with Crippen molar-refractivity contribution in [2.45, 2.75) is 63.7 Å². The monoisotopic (exact) mass is 463 g/mol. The minimum Gasteiger partial charge on any atom is -0.424 e. The quantitative estimate of drug-likeness (QED) is 0.394. The van der Waals surface area contributed by atoms with E-state index in [-0.39, 0.29) is 10.8 Å². The summed E-state index contributed by atoms with van der Waals surface area (Å²) in [6, 6.07) is 14.6. The Hall–Kier alpha value is -2.86. The van der Waals surface area contributed by atoms with Gasteiger partial charge in [0.25, 0.3) is 10.0 Å². The summed E-state index contributed by atoms with van der Waals surface area (Å²) in [5, 5.41) is 0.927. The Morgan fingerprint density at radius 2 is 1.79 bits per heavy atom. The van der Waals surface area contributed by atoms with Gasteiger partial charge in [0.15, 0.2) is 5.76 Å². The van der Waals surface area contributed by atoms with Gasteiger partial charge in [-0.15, -0.1) is 0 Å². The van der Waals surface area contributed by atoms with Crippen LogP contribution in [0.1, 0.15) is 68.7 Å². The Balaban J connectivity index is 1.84. The van der Waals surface area contributed by atoms with E-state index in [0.717, 1.165) is 54.2 Å². The maximum Gasteiger partial charge on any atom is 0.308 e. The maximum absolute atomic E-state index is 14.0. The average Bonchev–Trinajstić information content (AvgIpc) is 3.50. The van der Waals surface area contributed by atoms with E-state index >= 15 is 0 Å². The number of allylic oxidation sites excluding steroid dienone is 1. The molecule has 0 bridgehead atoms. The van der Waals surface area contributed by atoms with Gasteiger partial charge in [-0.25, -0.2) is 12.4 Å². The minimum atomic E-state index is -3.91. The van der Waals surface area contributed by atoms with Gasteiger partial charge in [0.1, 0.15) is 5.69 Å². The summed E-state index contributed by atoms with van der Waals surface area (Å²) >= 11 is 0. The molecule has 0 amide bonds. The predicted molar refractivity (Wildman–Crippen MR) is 129 cm³/mol. The van der Waals surface area contributed by atoms with E-state index in [1.165, 1.54) is 10.9 Å². The molecule has 5 rings (SSSR count). The van der Waals surface area contributed by atoms with E-state index in [9.17, 15) is 13.2 Å². The predicted octanol–water partition coefficient (Wildman–Crippen LogP) is 6.16. The molecule has 0 aliphatic heterocycles. The van der Waals surface area contributed by atoms with Gasteiger partial charge in [-0.2, -0.15) is 0 Å². The van der Waals surface area contributed by atoms with Crippen LogP contribution < -0.4 is 0 Å². The third-order valence-corrected chi connectivity index (χ3v) is 8.49. The average molecular weight is 464 g/mol. The molecule has 33 heavy (non-hydrogen) atoms. The van der Waals surface area contributed by atoms with Gasteiger partial charge < -0.3 is 4.74 Å². The molecule has 1 fully saturated rings. The van der Waals surface area contributed by atoms with Crippen molar-refractivity contribution in [1.29, 1.82) is 0 Å². The summed E-state index contributed by atoms with van der Waals surface area (Å²) in [6.45, 7) is 5.45. The van der Waals surface area contributed by atoms with Crippen LogP contribution in [0.15, 0.2) is 59.0 Å². The van der Waals surface area contributed by atoms with Gasteiger partial charge in [0.05, 0.1) is 10.4 Å². The topological polar surface area (TPSA) is 65.4 Å². The molecule has 0 N–H and O–H groups in total. The summed E-state index contributed by atoms with van der Waals surface area (Å²) in [5.41, 5.74) is 4.25. The number of rotatable bonds is 7. The molecule has 172 valence electrons. The van der Waals surface area contributed by atoms with Crippen molar-refractivity contribution in [3.05, 3.63) is 70.9 Å². The summed E-state index contributed by atoms with van der Waals surface area (Å²) in [7, 11) is -3.91. The second-order valence-electron chi connectivity index (χ2n) is 9.23. The third kappa shape index (κ3) is 3.61. The minimum absolute atomic E-state index is 0.0975. The number of fused-ring (bicyclic) bond motifs is 3. The largest absolute Gasteiger partial charge is 0.424 e. The van der Waals surface area contributed by atoms with E-state index in [1.807, 2.05) is 31.2 Å². The SMILES string of the molecule is CCCCC1=C(OC(C)=O)c2c(c3ccccc3n2S(=O)(=O)c2ccc(C)cc2)C1C1CC1. The first-order chi connectivity index (χ1) is 15.8. The molecule has 1 heterocycles. The number of aryl methyl sites for hydroxylation is 1. The maximum atomic E-state index is 14.0. The molecule has 5 nitrogen and oxygen atoms in total. The summed E-state index contributed by atoms with van der Waals surface area (Å²) < 4.78 is 35.3. The smallest absolute Gasteiger partial charge is 0.308 e. The number of aromatic nitrogens is 1. The van der Waals surface area contributed by atoms with Crippen molar-refractivity contribution in [3.8, 4) is 0 Å². The number of hydrogen-bond acceptors (Lipinski definition) is 4. The van der Waals surface area contributed by atoms with Crippen LogP contribution in [0.3, 0.4) is 0 Å². The number of esters is 1. The van der Waals surface area contributed by atoms with Gasteiger partial charge in [0, 0.05) is 18.2 Å². The molecule has 1 unspecified atom stereocenters. The van der Waals surface area contributed by atoms with Gasteiger partial charge in [-0.1, -0.05) is 49.2 Å². The van der Waals surface area contributed by atoms with Crippen LogP contribution >= 0.6 is 0 Å². The Morgan fingerprint density at radius 3 is 2.42 bits per heavy atom. The normalized spacial score (nSPS) is 18.1. The van der Waals surface area contributed by atoms with E-state index in [1.54, 1.807) is 24.3 Å². The lowest BCUT2D eigenvalue weighted by atomic mass is 9.87. The van der Waals surface area contributed by atoms with Crippen LogP contribution in [0.4, 0.5) is 0 Å². The van der Waals surface area contributed by atoms with Gasteiger partial charge in [-0.05, 0) is 67.9 Å². The molecule has 1 atom stereocenters. The summed E-state index contributed by atoms with van der Waals surface area (Å²) in [5.74, 6) is 0.589. The standard InChI is InChI=1S/C27H29NO4S/c1-4-5-8-22-24(19-13-14-19)25-21-9-6-7-10-23(21)28(26(25)27(22)32-18(3)29)33(30,31)20-15-11-17(2)12-16-20/h6-7,9-12,15-16,19,24H,4-5,8,13-14H2,1-3H3. The second-order valence-corrected chi connectivity index (χ2v) is 11.0. The Bertz CT molecular complexity index is 1380. The molecular formula is C27H29NO4S. The number of benzene rings is 2. The first-order valence-electron chi connectivity index (χ1n) is 11.7.